The Morgan fingerprint density at radius 3 is 2.57 bits per heavy atom. The van der Waals surface area contributed by atoms with E-state index in [0.29, 0.717) is 17.9 Å². The van der Waals surface area contributed by atoms with Crippen molar-refractivity contribution in [1.29, 1.82) is 5.26 Å². The Balaban J connectivity index is 2.11. The lowest BCUT2D eigenvalue weighted by Crippen LogP contribution is -2.58. The molecule has 0 aromatic heterocycles. The molecule has 2 N–H and O–H groups in total. The van der Waals surface area contributed by atoms with Gasteiger partial charge in [-0.2, -0.15) is 5.26 Å². The molecule has 1 atom stereocenters. The number of carbonyl (C=O) groups excluding carboxylic acids is 1. The minimum atomic E-state index is -1.38. The normalized spacial score (nSPS) is 20.6. The predicted molar refractivity (Wildman–Crippen MR) is 73.9 cm³/mol. The van der Waals surface area contributed by atoms with Crippen molar-refractivity contribution in [2.24, 2.45) is 0 Å². The number of hydrogen-bond acceptors (Lipinski definition) is 4. The van der Waals surface area contributed by atoms with Crippen molar-refractivity contribution in [2.45, 2.75) is 12.0 Å². The molecule has 0 bridgehead atoms. The van der Waals surface area contributed by atoms with E-state index in [1.807, 2.05) is 6.07 Å². The Morgan fingerprint density at radius 2 is 2.10 bits per heavy atom. The maximum Gasteiger partial charge on any atom is 0.332 e. The largest absolute Gasteiger partial charge is 0.479 e. The number of carboxylic acids is 1. The van der Waals surface area contributed by atoms with Crippen LogP contribution in [0.1, 0.15) is 12.0 Å². The van der Waals surface area contributed by atoms with Crippen molar-refractivity contribution in [3.8, 4) is 6.07 Å². The molecule has 0 aliphatic carbocycles. The topological polar surface area (TPSA) is 103 Å². The van der Waals surface area contributed by atoms with Crippen molar-refractivity contribution < 1.29 is 19.4 Å². The molecule has 21 heavy (non-hydrogen) atoms. The maximum absolute atomic E-state index is 12.2. The molecule has 1 fully saturated rings. The van der Waals surface area contributed by atoms with E-state index in [9.17, 15) is 14.7 Å². The highest BCUT2D eigenvalue weighted by atomic mass is 16.5. The highest BCUT2D eigenvalue weighted by Gasteiger charge is 2.44. The van der Waals surface area contributed by atoms with Gasteiger partial charge in [0.05, 0.1) is 18.2 Å². The first kappa shape index (κ1) is 14.8. The van der Waals surface area contributed by atoms with E-state index < -0.39 is 17.5 Å². The molecule has 1 saturated heterocycles. The first-order valence-electron chi connectivity index (χ1n) is 6.36. The number of carboxylic acid groups (broad SMARTS) is 1. The summed E-state index contributed by atoms with van der Waals surface area (Å²) >= 11 is 0. The molecule has 1 unspecified atom stereocenters. The van der Waals surface area contributed by atoms with E-state index >= 15 is 0 Å². The Kier molecular flexibility index (Phi) is 4.10. The molecule has 1 aliphatic heterocycles. The second-order valence-corrected chi connectivity index (χ2v) is 4.84. The molecular weight excluding hydrogens is 274 g/mol. The number of benzene rings is 1. The van der Waals surface area contributed by atoms with Gasteiger partial charge < -0.3 is 15.2 Å². The minimum Gasteiger partial charge on any atom is -0.479 e. The summed E-state index contributed by atoms with van der Waals surface area (Å²) in [6.07, 6.45) is 0.231. The number of amides is 2. The van der Waals surface area contributed by atoms with Gasteiger partial charge in [-0.1, -0.05) is 0 Å². The average molecular weight is 289 g/mol. The first-order chi connectivity index (χ1) is 9.98. The summed E-state index contributed by atoms with van der Waals surface area (Å²) in [6.45, 7) is 0.252. The van der Waals surface area contributed by atoms with Gasteiger partial charge in [0.15, 0.2) is 5.54 Å². The number of urea groups is 1. The third-order valence-corrected chi connectivity index (χ3v) is 3.47. The Hall–Kier alpha value is -2.59. The number of rotatable bonds is 3. The van der Waals surface area contributed by atoms with Crippen LogP contribution in [-0.4, -0.2) is 42.9 Å². The van der Waals surface area contributed by atoms with Crippen molar-refractivity contribution in [3.63, 3.8) is 0 Å². The molecule has 110 valence electrons. The number of nitrogens with one attached hydrogen (secondary N) is 1. The molecule has 7 nitrogen and oxygen atoms in total. The van der Waals surface area contributed by atoms with Crippen LogP contribution in [0, 0.1) is 11.3 Å². The SMILES string of the molecule is CN(C(=O)NC1(C(=O)O)CCOC1)c1ccc(C#N)cc1. The van der Waals surface area contributed by atoms with E-state index in [2.05, 4.69) is 5.32 Å². The van der Waals surface area contributed by atoms with Crippen molar-refractivity contribution in [2.75, 3.05) is 25.2 Å². The molecule has 0 saturated carbocycles. The smallest absolute Gasteiger partial charge is 0.332 e. The van der Waals surface area contributed by atoms with Crippen LogP contribution in [0.3, 0.4) is 0 Å². The van der Waals surface area contributed by atoms with Crippen LogP contribution in [0.5, 0.6) is 0 Å². The summed E-state index contributed by atoms with van der Waals surface area (Å²) < 4.78 is 5.09. The van der Waals surface area contributed by atoms with Gasteiger partial charge >= 0.3 is 12.0 Å². The van der Waals surface area contributed by atoms with Gasteiger partial charge in [-0.05, 0) is 24.3 Å². The quantitative estimate of drug-likeness (QED) is 0.862. The van der Waals surface area contributed by atoms with Crippen LogP contribution in [0.4, 0.5) is 10.5 Å². The van der Waals surface area contributed by atoms with Crippen molar-refractivity contribution in [1.82, 2.24) is 5.32 Å². The number of ether oxygens (including phenoxy) is 1. The van der Waals surface area contributed by atoms with Crippen molar-refractivity contribution in [3.05, 3.63) is 29.8 Å². The zero-order valence-corrected chi connectivity index (χ0v) is 11.5. The number of aliphatic carboxylic acids is 1. The zero-order chi connectivity index (χ0) is 15.5. The lowest BCUT2D eigenvalue weighted by atomic mass is 9.99. The molecule has 1 aromatic carbocycles. The number of carbonyl (C=O) groups is 2. The highest BCUT2D eigenvalue weighted by molar-refractivity contribution is 5.95. The van der Waals surface area contributed by atoms with E-state index in [1.165, 1.54) is 11.9 Å². The average Bonchev–Trinajstić information content (AvgIpc) is 2.96. The fourth-order valence-corrected chi connectivity index (χ4v) is 2.05. The summed E-state index contributed by atoms with van der Waals surface area (Å²) in [7, 11) is 1.53. The van der Waals surface area contributed by atoms with Crippen molar-refractivity contribution >= 4 is 17.7 Å². The van der Waals surface area contributed by atoms with Gasteiger partial charge in [-0.15, -0.1) is 0 Å². The minimum absolute atomic E-state index is 0.0463. The molecule has 0 radical (unpaired) electrons. The summed E-state index contributed by atoms with van der Waals surface area (Å²) in [6, 6.07) is 7.87. The number of nitriles is 1. The summed E-state index contributed by atoms with van der Waals surface area (Å²) in [5, 5.41) is 20.5. The Bertz CT molecular complexity index is 585. The van der Waals surface area contributed by atoms with E-state index in [0.717, 1.165) is 0 Å². The second kappa shape index (κ2) is 5.81. The number of hydrogen-bond donors (Lipinski definition) is 2. The van der Waals surface area contributed by atoms with Gasteiger partial charge in [0.25, 0.3) is 0 Å². The number of anilines is 1. The summed E-state index contributed by atoms with van der Waals surface area (Å²) in [5.41, 5.74) is -0.331. The third kappa shape index (κ3) is 2.95. The van der Waals surface area contributed by atoms with E-state index in [-0.39, 0.29) is 13.0 Å². The molecule has 1 aliphatic rings. The molecule has 1 heterocycles. The van der Waals surface area contributed by atoms with Crippen LogP contribution in [-0.2, 0) is 9.53 Å². The molecular formula is C14H15N3O4. The third-order valence-electron chi connectivity index (χ3n) is 3.47. The van der Waals surface area contributed by atoms with Crippen LogP contribution in [0.15, 0.2) is 24.3 Å². The van der Waals surface area contributed by atoms with Crippen LogP contribution >= 0.6 is 0 Å². The monoisotopic (exact) mass is 289 g/mol. The maximum atomic E-state index is 12.2. The zero-order valence-electron chi connectivity index (χ0n) is 11.5. The summed E-state index contributed by atoms with van der Waals surface area (Å²) in [4.78, 5) is 24.8. The Labute approximate surface area is 121 Å². The van der Waals surface area contributed by atoms with Gasteiger partial charge in [0.1, 0.15) is 0 Å². The van der Waals surface area contributed by atoms with Gasteiger partial charge in [0.2, 0.25) is 0 Å². The van der Waals surface area contributed by atoms with E-state index in [1.54, 1.807) is 24.3 Å². The number of nitrogens with zero attached hydrogens (tertiary/aromatic N) is 2. The van der Waals surface area contributed by atoms with Crippen LogP contribution in [0.2, 0.25) is 0 Å². The first-order valence-corrected chi connectivity index (χ1v) is 6.36. The fraction of sp³-hybridized carbons (Fsp3) is 0.357. The van der Waals surface area contributed by atoms with Crippen LogP contribution < -0.4 is 10.2 Å². The molecule has 0 spiro atoms. The van der Waals surface area contributed by atoms with Gasteiger partial charge in [-0.25, -0.2) is 9.59 Å². The van der Waals surface area contributed by atoms with Gasteiger partial charge in [0, 0.05) is 25.8 Å². The fourth-order valence-electron chi connectivity index (χ4n) is 2.05. The predicted octanol–water partition coefficient (Wildman–Crippen LogP) is 0.948. The van der Waals surface area contributed by atoms with Crippen LogP contribution in [0.25, 0.3) is 0 Å². The lowest BCUT2D eigenvalue weighted by Gasteiger charge is -2.27. The molecule has 2 rings (SSSR count). The van der Waals surface area contributed by atoms with E-state index in [4.69, 9.17) is 10.00 Å². The second-order valence-electron chi connectivity index (χ2n) is 4.84. The standard InChI is InChI=1S/C14H15N3O4/c1-17(11-4-2-10(8-15)3-5-11)13(20)16-14(12(18)19)6-7-21-9-14/h2-5H,6-7,9H2,1H3,(H,16,20)(H,18,19). The highest BCUT2D eigenvalue weighted by Crippen LogP contribution is 2.20. The van der Waals surface area contributed by atoms with Gasteiger partial charge in [-0.3, -0.25) is 4.90 Å². The molecule has 2 amide bonds. The molecule has 1 aromatic rings. The lowest BCUT2D eigenvalue weighted by molar-refractivity contribution is -0.144. The summed E-state index contributed by atoms with van der Waals surface area (Å²) in [5.74, 6) is -1.11. The molecule has 7 heteroatoms. The Morgan fingerprint density at radius 1 is 1.43 bits per heavy atom.